The summed E-state index contributed by atoms with van der Waals surface area (Å²) < 4.78 is 4.63. The van der Waals surface area contributed by atoms with E-state index >= 15 is 0 Å². The van der Waals surface area contributed by atoms with Gasteiger partial charge in [-0.3, -0.25) is 9.78 Å². The lowest BCUT2D eigenvalue weighted by Crippen LogP contribution is -2.32. The highest BCUT2D eigenvalue weighted by Gasteiger charge is 2.23. The standard InChI is InChI=1S/C16H22N4O2/c1-11-13(20-22-19-11)8-15(21)18-14(9-16(2,3)4)12-6-5-7-17-10-12/h5-7,10,14H,8-9H2,1-4H3,(H,18,21)/t14-/m1/s1. The van der Waals surface area contributed by atoms with Gasteiger partial charge in [-0.15, -0.1) is 0 Å². The molecule has 0 bridgehead atoms. The average molecular weight is 302 g/mol. The minimum absolute atomic E-state index is 0.0821. The summed E-state index contributed by atoms with van der Waals surface area (Å²) in [4.78, 5) is 16.4. The van der Waals surface area contributed by atoms with E-state index in [4.69, 9.17) is 0 Å². The van der Waals surface area contributed by atoms with Gasteiger partial charge in [-0.05, 0) is 30.4 Å². The fourth-order valence-electron chi connectivity index (χ4n) is 2.25. The van der Waals surface area contributed by atoms with Crippen LogP contribution in [0.2, 0.25) is 0 Å². The van der Waals surface area contributed by atoms with Crippen molar-refractivity contribution in [1.82, 2.24) is 20.6 Å². The molecule has 0 aliphatic carbocycles. The number of rotatable bonds is 5. The molecule has 2 aromatic heterocycles. The van der Waals surface area contributed by atoms with E-state index in [-0.39, 0.29) is 23.8 Å². The first kappa shape index (κ1) is 16.1. The summed E-state index contributed by atoms with van der Waals surface area (Å²) in [5, 5.41) is 10.5. The first-order valence-electron chi connectivity index (χ1n) is 7.32. The van der Waals surface area contributed by atoms with Crippen LogP contribution in [0.5, 0.6) is 0 Å². The molecular formula is C16H22N4O2. The van der Waals surface area contributed by atoms with Crippen LogP contribution in [0, 0.1) is 12.3 Å². The number of aromatic nitrogens is 3. The summed E-state index contributed by atoms with van der Waals surface area (Å²) >= 11 is 0. The maximum atomic E-state index is 12.3. The Morgan fingerprint density at radius 3 is 2.68 bits per heavy atom. The molecule has 2 rings (SSSR count). The zero-order valence-corrected chi connectivity index (χ0v) is 13.5. The minimum Gasteiger partial charge on any atom is -0.349 e. The lowest BCUT2D eigenvalue weighted by Gasteiger charge is -2.27. The van der Waals surface area contributed by atoms with Crippen LogP contribution in [0.3, 0.4) is 0 Å². The zero-order chi connectivity index (χ0) is 16.2. The van der Waals surface area contributed by atoms with Crippen LogP contribution in [0.25, 0.3) is 0 Å². The van der Waals surface area contributed by atoms with E-state index in [1.54, 1.807) is 19.3 Å². The van der Waals surface area contributed by atoms with Crippen LogP contribution >= 0.6 is 0 Å². The van der Waals surface area contributed by atoms with Crippen LogP contribution in [-0.2, 0) is 11.2 Å². The Balaban J connectivity index is 2.09. The van der Waals surface area contributed by atoms with Crippen molar-refractivity contribution < 1.29 is 9.42 Å². The number of carbonyl (C=O) groups is 1. The molecule has 118 valence electrons. The van der Waals surface area contributed by atoms with Crippen LogP contribution in [0.15, 0.2) is 29.2 Å². The van der Waals surface area contributed by atoms with E-state index < -0.39 is 0 Å². The third-order valence-electron chi connectivity index (χ3n) is 3.31. The van der Waals surface area contributed by atoms with E-state index in [2.05, 4.69) is 46.0 Å². The predicted octanol–water partition coefficient (Wildman–Crippen LogP) is 2.61. The summed E-state index contributed by atoms with van der Waals surface area (Å²) in [6.07, 6.45) is 4.50. The lowest BCUT2D eigenvalue weighted by molar-refractivity contribution is -0.121. The van der Waals surface area contributed by atoms with Crippen LogP contribution < -0.4 is 5.32 Å². The van der Waals surface area contributed by atoms with Gasteiger partial charge < -0.3 is 5.32 Å². The average Bonchev–Trinajstić information content (AvgIpc) is 2.83. The molecule has 22 heavy (non-hydrogen) atoms. The zero-order valence-electron chi connectivity index (χ0n) is 13.5. The molecule has 0 saturated carbocycles. The van der Waals surface area contributed by atoms with Crippen molar-refractivity contribution in [2.45, 2.75) is 46.6 Å². The Hall–Kier alpha value is -2.24. The van der Waals surface area contributed by atoms with Crippen molar-refractivity contribution >= 4 is 5.91 Å². The summed E-state index contributed by atoms with van der Waals surface area (Å²) in [6.45, 7) is 8.21. The molecule has 0 aliphatic heterocycles. The maximum Gasteiger partial charge on any atom is 0.226 e. The smallest absolute Gasteiger partial charge is 0.226 e. The van der Waals surface area contributed by atoms with E-state index in [0.29, 0.717) is 11.4 Å². The fourth-order valence-corrected chi connectivity index (χ4v) is 2.25. The van der Waals surface area contributed by atoms with E-state index in [1.165, 1.54) is 0 Å². The Labute approximate surface area is 130 Å². The highest BCUT2D eigenvalue weighted by Crippen LogP contribution is 2.29. The van der Waals surface area contributed by atoms with Crippen LogP contribution in [0.4, 0.5) is 0 Å². The van der Waals surface area contributed by atoms with Gasteiger partial charge in [0.05, 0.1) is 12.5 Å². The summed E-state index contributed by atoms with van der Waals surface area (Å²) in [7, 11) is 0. The lowest BCUT2D eigenvalue weighted by atomic mass is 9.85. The number of hydrogen-bond donors (Lipinski definition) is 1. The predicted molar refractivity (Wildman–Crippen MR) is 81.9 cm³/mol. The van der Waals surface area contributed by atoms with E-state index in [0.717, 1.165) is 12.0 Å². The SMILES string of the molecule is Cc1nonc1CC(=O)N[C@H](CC(C)(C)C)c1cccnc1. The Morgan fingerprint density at radius 2 is 2.14 bits per heavy atom. The first-order chi connectivity index (χ1) is 10.3. The number of amides is 1. The second kappa shape index (κ2) is 6.68. The topological polar surface area (TPSA) is 80.9 Å². The van der Waals surface area contributed by atoms with Gasteiger partial charge >= 0.3 is 0 Å². The number of pyridine rings is 1. The molecule has 2 aromatic rings. The second-order valence-electron chi connectivity index (χ2n) is 6.64. The van der Waals surface area contributed by atoms with Gasteiger partial charge in [0.1, 0.15) is 11.4 Å². The minimum atomic E-state index is -0.100. The molecular weight excluding hydrogens is 280 g/mol. The van der Waals surface area contributed by atoms with E-state index in [9.17, 15) is 4.79 Å². The molecule has 0 aliphatic rings. The van der Waals surface area contributed by atoms with Crippen molar-refractivity contribution in [2.75, 3.05) is 0 Å². The molecule has 6 nitrogen and oxygen atoms in total. The number of nitrogens with one attached hydrogen (secondary N) is 1. The number of carbonyl (C=O) groups excluding carboxylic acids is 1. The summed E-state index contributed by atoms with van der Waals surface area (Å²) in [5.74, 6) is -0.100. The van der Waals surface area contributed by atoms with Crippen molar-refractivity contribution in [2.24, 2.45) is 5.41 Å². The maximum absolute atomic E-state index is 12.3. The molecule has 0 radical (unpaired) electrons. The molecule has 0 spiro atoms. The molecule has 0 fully saturated rings. The Bertz CT molecular complexity index is 617. The third kappa shape index (κ3) is 4.65. The Kier molecular flexibility index (Phi) is 4.90. The highest BCUT2D eigenvalue weighted by molar-refractivity contribution is 5.78. The second-order valence-corrected chi connectivity index (χ2v) is 6.64. The van der Waals surface area contributed by atoms with Gasteiger partial charge in [-0.25, -0.2) is 4.63 Å². The van der Waals surface area contributed by atoms with Crippen molar-refractivity contribution in [3.63, 3.8) is 0 Å². The van der Waals surface area contributed by atoms with Gasteiger partial charge in [0.15, 0.2) is 0 Å². The van der Waals surface area contributed by atoms with Gasteiger partial charge in [-0.2, -0.15) is 0 Å². The molecule has 6 heteroatoms. The molecule has 1 N–H and O–H groups in total. The largest absolute Gasteiger partial charge is 0.349 e. The monoisotopic (exact) mass is 302 g/mol. The number of aryl methyl sites for hydroxylation is 1. The highest BCUT2D eigenvalue weighted by atomic mass is 16.6. The number of hydrogen-bond acceptors (Lipinski definition) is 5. The van der Waals surface area contributed by atoms with Crippen molar-refractivity contribution in [3.8, 4) is 0 Å². The van der Waals surface area contributed by atoms with Crippen molar-refractivity contribution in [1.29, 1.82) is 0 Å². The molecule has 2 heterocycles. The summed E-state index contributed by atoms with van der Waals surface area (Å²) in [6, 6.07) is 3.77. The van der Waals surface area contributed by atoms with E-state index in [1.807, 2.05) is 12.1 Å². The van der Waals surface area contributed by atoms with Crippen LogP contribution in [-0.4, -0.2) is 21.2 Å². The van der Waals surface area contributed by atoms with Crippen LogP contribution in [0.1, 0.15) is 50.2 Å². The third-order valence-corrected chi connectivity index (χ3v) is 3.31. The molecule has 1 atom stereocenters. The van der Waals surface area contributed by atoms with Gasteiger partial charge in [0.2, 0.25) is 5.91 Å². The normalized spacial score (nSPS) is 12.9. The van der Waals surface area contributed by atoms with Crippen molar-refractivity contribution in [3.05, 3.63) is 41.5 Å². The molecule has 0 saturated heterocycles. The fraction of sp³-hybridized carbons (Fsp3) is 0.500. The Morgan fingerprint density at radius 1 is 1.36 bits per heavy atom. The van der Waals surface area contributed by atoms with Gasteiger partial charge in [0.25, 0.3) is 0 Å². The first-order valence-corrected chi connectivity index (χ1v) is 7.32. The molecule has 1 amide bonds. The molecule has 0 unspecified atom stereocenters. The number of nitrogens with zero attached hydrogens (tertiary/aromatic N) is 3. The van der Waals surface area contributed by atoms with Gasteiger partial charge in [0, 0.05) is 12.4 Å². The summed E-state index contributed by atoms with van der Waals surface area (Å²) in [5.41, 5.74) is 2.29. The molecule has 0 aromatic carbocycles. The quantitative estimate of drug-likeness (QED) is 0.918. The van der Waals surface area contributed by atoms with Gasteiger partial charge in [-0.1, -0.05) is 37.2 Å².